The predicted molar refractivity (Wildman–Crippen MR) is 73.5 cm³/mol. The molecular weight excluding hydrogens is 296 g/mol. The number of hydrogen-bond donors (Lipinski definition) is 1. The van der Waals surface area contributed by atoms with Gasteiger partial charge in [0.25, 0.3) is 5.91 Å². The SMILES string of the molecule is C[C@H](Oc1ccc(OCc2nccn2C(F)F)cc1)C(N)=O. The maximum atomic E-state index is 12.6. The topological polar surface area (TPSA) is 79.4 Å². The van der Waals surface area contributed by atoms with E-state index in [4.69, 9.17) is 15.2 Å². The standard InChI is InChI=1S/C14H15F2N3O3/c1-9(13(17)20)22-11-4-2-10(3-5-11)21-8-12-18-6-7-19(12)14(15)16/h2-7,9,14H,8H2,1H3,(H2,17,20)/t9-/m0/s1. The molecule has 1 heterocycles. The first-order valence-electron chi connectivity index (χ1n) is 6.46. The molecule has 22 heavy (non-hydrogen) atoms. The van der Waals surface area contributed by atoms with E-state index in [9.17, 15) is 13.6 Å². The number of aromatic nitrogens is 2. The number of rotatable bonds is 7. The normalized spacial score (nSPS) is 12.2. The minimum atomic E-state index is -2.66. The van der Waals surface area contributed by atoms with E-state index in [1.807, 2.05) is 0 Å². The Hall–Kier alpha value is -2.64. The molecule has 0 unspecified atom stereocenters. The number of carbonyl (C=O) groups is 1. The molecule has 0 radical (unpaired) electrons. The third-order valence-corrected chi connectivity index (χ3v) is 2.86. The number of nitrogens with two attached hydrogens (primary N) is 1. The highest BCUT2D eigenvalue weighted by molar-refractivity contribution is 5.78. The highest BCUT2D eigenvalue weighted by Gasteiger charge is 2.12. The van der Waals surface area contributed by atoms with Crippen LogP contribution in [0.5, 0.6) is 11.5 Å². The summed E-state index contributed by atoms with van der Waals surface area (Å²) in [5.74, 6) is 0.465. The van der Waals surface area contributed by atoms with Gasteiger partial charge in [-0.1, -0.05) is 0 Å². The molecule has 2 N–H and O–H groups in total. The minimum absolute atomic E-state index is 0.0881. The van der Waals surface area contributed by atoms with Crippen LogP contribution in [0.3, 0.4) is 0 Å². The van der Waals surface area contributed by atoms with Crippen LogP contribution < -0.4 is 15.2 Å². The molecule has 0 saturated carbocycles. The second-order valence-electron chi connectivity index (χ2n) is 4.45. The summed E-state index contributed by atoms with van der Waals surface area (Å²) in [6, 6.07) is 6.38. The Labute approximate surface area is 125 Å². The third kappa shape index (κ3) is 3.94. The lowest BCUT2D eigenvalue weighted by Crippen LogP contribution is -2.30. The zero-order valence-corrected chi connectivity index (χ0v) is 11.8. The van der Waals surface area contributed by atoms with Crippen LogP contribution in [0.2, 0.25) is 0 Å². The Kier molecular flexibility index (Phi) is 4.92. The van der Waals surface area contributed by atoms with Gasteiger partial charge in [0.1, 0.15) is 18.1 Å². The average molecular weight is 311 g/mol. The molecule has 118 valence electrons. The van der Waals surface area contributed by atoms with Crippen LogP contribution in [0, 0.1) is 0 Å². The molecule has 2 aromatic rings. The van der Waals surface area contributed by atoms with Crippen LogP contribution in [0.1, 0.15) is 19.3 Å². The van der Waals surface area contributed by atoms with Gasteiger partial charge in [-0.05, 0) is 31.2 Å². The monoisotopic (exact) mass is 311 g/mol. The summed E-state index contributed by atoms with van der Waals surface area (Å²) in [4.78, 5) is 14.7. The van der Waals surface area contributed by atoms with E-state index >= 15 is 0 Å². The summed E-state index contributed by atoms with van der Waals surface area (Å²) in [6.07, 6.45) is 1.73. The van der Waals surface area contributed by atoms with Gasteiger partial charge in [0, 0.05) is 12.4 Å². The Morgan fingerprint density at radius 3 is 2.55 bits per heavy atom. The fraction of sp³-hybridized carbons (Fsp3) is 0.286. The van der Waals surface area contributed by atoms with E-state index in [1.165, 1.54) is 19.3 Å². The van der Waals surface area contributed by atoms with Crippen molar-refractivity contribution in [3.63, 3.8) is 0 Å². The van der Waals surface area contributed by atoms with Crippen LogP contribution in [-0.4, -0.2) is 21.6 Å². The minimum Gasteiger partial charge on any atom is -0.486 e. The molecule has 0 aliphatic carbocycles. The number of amides is 1. The summed E-state index contributed by atoms with van der Waals surface area (Å²) in [5.41, 5.74) is 5.10. The van der Waals surface area contributed by atoms with E-state index in [0.29, 0.717) is 11.5 Å². The van der Waals surface area contributed by atoms with E-state index < -0.39 is 18.6 Å². The number of benzene rings is 1. The molecule has 0 aliphatic heterocycles. The smallest absolute Gasteiger partial charge is 0.320 e. The maximum Gasteiger partial charge on any atom is 0.320 e. The first-order chi connectivity index (χ1) is 10.5. The summed E-state index contributed by atoms with van der Waals surface area (Å²) in [7, 11) is 0. The fourth-order valence-corrected chi connectivity index (χ4v) is 1.66. The molecule has 0 saturated heterocycles. The van der Waals surface area contributed by atoms with Crippen molar-refractivity contribution < 1.29 is 23.0 Å². The largest absolute Gasteiger partial charge is 0.486 e. The van der Waals surface area contributed by atoms with Crippen LogP contribution >= 0.6 is 0 Å². The van der Waals surface area contributed by atoms with Gasteiger partial charge in [-0.15, -0.1) is 0 Å². The summed E-state index contributed by atoms with van der Waals surface area (Å²) in [6.45, 7) is -1.21. The van der Waals surface area contributed by atoms with Crippen molar-refractivity contribution in [3.05, 3.63) is 42.5 Å². The summed E-state index contributed by atoms with van der Waals surface area (Å²) < 4.78 is 36.7. The quantitative estimate of drug-likeness (QED) is 0.849. The molecule has 2 rings (SSSR count). The van der Waals surface area contributed by atoms with Crippen molar-refractivity contribution in [3.8, 4) is 11.5 Å². The van der Waals surface area contributed by atoms with Crippen LogP contribution in [0.4, 0.5) is 8.78 Å². The zero-order valence-electron chi connectivity index (χ0n) is 11.8. The Balaban J connectivity index is 1.94. The number of nitrogens with zero attached hydrogens (tertiary/aromatic N) is 2. The molecular formula is C14H15F2N3O3. The number of ether oxygens (including phenoxy) is 2. The molecule has 0 bridgehead atoms. The van der Waals surface area contributed by atoms with Crippen molar-refractivity contribution in [2.45, 2.75) is 26.2 Å². The van der Waals surface area contributed by atoms with Gasteiger partial charge < -0.3 is 15.2 Å². The lowest BCUT2D eigenvalue weighted by Gasteiger charge is -2.12. The molecule has 0 aliphatic rings. The first-order valence-corrected chi connectivity index (χ1v) is 6.46. The van der Waals surface area contributed by atoms with Crippen molar-refractivity contribution in [1.29, 1.82) is 0 Å². The molecule has 0 spiro atoms. The summed E-state index contributed by atoms with van der Waals surface area (Å²) in [5, 5.41) is 0. The second kappa shape index (κ2) is 6.88. The predicted octanol–water partition coefficient (Wildman–Crippen LogP) is 2.11. The lowest BCUT2D eigenvalue weighted by atomic mass is 10.3. The van der Waals surface area contributed by atoms with Crippen molar-refractivity contribution in [2.75, 3.05) is 0 Å². The molecule has 1 amide bonds. The third-order valence-electron chi connectivity index (χ3n) is 2.86. The number of hydrogen-bond acceptors (Lipinski definition) is 4. The van der Waals surface area contributed by atoms with Crippen LogP contribution in [0.25, 0.3) is 0 Å². The molecule has 1 atom stereocenters. The Morgan fingerprint density at radius 2 is 1.95 bits per heavy atom. The molecule has 0 fully saturated rings. The number of halogens is 2. The van der Waals surface area contributed by atoms with Crippen molar-refractivity contribution in [1.82, 2.24) is 9.55 Å². The first kappa shape index (κ1) is 15.7. The van der Waals surface area contributed by atoms with Crippen LogP contribution in [0.15, 0.2) is 36.7 Å². The molecule has 1 aromatic carbocycles. The van der Waals surface area contributed by atoms with Gasteiger partial charge in [0.15, 0.2) is 11.9 Å². The Morgan fingerprint density at radius 1 is 1.32 bits per heavy atom. The summed E-state index contributed by atoms with van der Waals surface area (Å²) >= 11 is 0. The van der Waals surface area contributed by atoms with Gasteiger partial charge in [0.2, 0.25) is 0 Å². The average Bonchev–Trinajstić information content (AvgIpc) is 2.95. The van der Waals surface area contributed by atoms with E-state index in [0.717, 1.165) is 4.57 Å². The van der Waals surface area contributed by atoms with Gasteiger partial charge in [-0.2, -0.15) is 8.78 Å². The van der Waals surface area contributed by atoms with Gasteiger partial charge >= 0.3 is 6.55 Å². The van der Waals surface area contributed by atoms with Gasteiger partial charge in [0.05, 0.1) is 0 Å². The molecule has 6 nitrogen and oxygen atoms in total. The number of alkyl halides is 2. The number of carbonyl (C=O) groups excluding carboxylic acids is 1. The highest BCUT2D eigenvalue weighted by atomic mass is 19.3. The second-order valence-corrected chi connectivity index (χ2v) is 4.45. The maximum absolute atomic E-state index is 12.6. The highest BCUT2D eigenvalue weighted by Crippen LogP contribution is 2.20. The van der Waals surface area contributed by atoms with Crippen molar-refractivity contribution >= 4 is 5.91 Å². The van der Waals surface area contributed by atoms with E-state index in [1.54, 1.807) is 24.3 Å². The van der Waals surface area contributed by atoms with E-state index in [2.05, 4.69) is 4.98 Å². The van der Waals surface area contributed by atoms with Crippen LogP contribution in [-0.2, 0) is 11.4 Å². The number of primary amides is 1. The van der Waals surface area contributed by atoms with Gasteiger partial charge in [-0.25, -0.2) is 4.98 Å². The van der Waals surface area contributed by atoms with Gasteiger partial charge in [-0.3, -0.25) is 9.36 Å². The zero-order chi connectivity index (χ0) is 16.1. The number of imidazole rings is 1. The Bertz CT molecular complexity index is 629. The molecule has 8 heteroatoms. The fourth-order valence-electron chi connectivity index (χ4n) is 1.66. The lowest BCUT2D eigenvalue weighted by molar-refractivity contribution is -0.123. The molecule has 1 aromatic heterocycles. The van der Waals surface area contributed by atoms with Crippen molar-refractivity contribution in [2.24, 2.45) is 5.73 Å². The van der Waals surface area contributed by atoms with E-state index in [-0.39, 0.29) is 12.4 Å².